The summed E-state index contributed by atoms with van der Waals surface area (Å²) in [7, 11) is 0. The number of carbonyl (C=O) groups excluding carboxylic acids is 1. The van der Waals surface area contributed by atoms with Gasteiger partial charge in [0.15, 0.2) is 6.10 Å². The number of ether oxygens (including phenoxy) is 1. The fraction of sp³-hybridized carbons (Fsp3) is 0.462. The minimum absolute atomic E-state index is 0.205. The van der Waals surface area contributed by atoms with E-state index in [-0.39, 0.29) is 10.8 Å². The molecule has 0 fully saturated rings. The molecule has 1 unspecified atom stereocenters. The van der Waals surface area contributed by atoms with Crippen LogP contribution in [0.1, 0.15) is 6.92 Å². The van der Waals surface area contributed by atoms with E-state index in [9.17, 15) is 18.0 Å². The van der Waals surface area contributed by atoms with E-state index < -0.39 is 37.9 Å². The summed E-state index contributed by atoms with van der Waals surface area (Å²) in [4.78, 5) is 12.5. The Labute approximate surface area is 125 Å². The van der Waals surface area contributed by atoms with Crippen LogP contribution >= 0.6 is 11.6 Å². The van der Waals surface area contributed by atoms with Gasteiger partial charge in [0.05, 0.1) is 11.6 Å². The lowest BCUT2D eigenvalue weighted by Crippen LogP contribution is -2.46. The molecule has 0 saturated heterocycles. The van der Waals surface area contributed by atoms with E-state index in [4.69, 9.17) is 21.4 Å². The highest BCUT2D eigenvalue weighted by atomic mass is 35.5. The molecule has 0 heterocycles. The third kappa shape index (κ3) is 5.81. The van der Waals surface area contributed by atoms with E-state index in [1.54, 1.807) is 12.1 Å². The zero-order valence-corrected chi connectivity index (χ0v) is 12.0. The maximum absolute atomic E-state index is 12.4. The van der Waals surface area contributed by atoms with Gasteiger partial charge in [-0.15, -0.1) is 0 Å². The van der Waals surface area contributed by atoms with Crippen molar-refractivity contribution >= 4 is 17.5 Å². The molecule has 0 aliphatic carbocycles. The second kappa shape index (κ2) is 7.51. The Hall–Kier alpha value is -1.47. The van der Waals surface area contributed by atoms with Crippen LogP contribution in [-0.4, -0.2) is 47.9 Å². The highest BCUT2D eigenvalue weighted by Gasteiger charge is 2.34. The molecule has 1 amide bonds. The number of benzene rings is 1. The number of aliphatic hydroxyl groups excluding tert-OH is 1. The van der Waals surface area contributed by atoms with Crippen LogP contribution in [0.5, 0.6) is 5.75 Å². The zero-order valence-electron chi connectivity index (χ0n) is 11.2. The number of nitrogens with zero attached hydrogens (tertiary/aromatic N) is 1. The second-order valence-corrected chi connectivity index (χ2v) is 4.70. The first-order chi connectivity index (χ1) is 9.74. The minimum atomic E-state index is -4.55. The van der Waals surface area contributed by atoms with Crippen molar-refractivity contribution in [2.24, 2.45) is 0 Å². The Bertz CT molecular complexity index is 482. The van der Waals surface area contributed by atoms with Gasteiger partial charge in [-0.2, -0.15) is 13.2 Å². The molecule has 0 aromatic heterocycles. The summed E-state index contributed by atoms with van der Waals surface area (Å²) in [6.07, 6.45) is -5.70. The molecule has 118 valence electrons. The first-order valence-corrected chi connectivity index (χ1v) is 6.50. The standard InChI is InChI=1S/C13H15ClF3NO3/c1-9(21-11-5-3-2-4-10(11)14)12(20)18(6-7-19)8-13(15,16)17/h2-5,9,19H,6-8H2,1H3. The van der Waals surface area contributed by atoms with Crippen molar-refractivity contribution in [1.29, 1.82) is 0 Å². The Morgan fingerprint density at radius 3 is 2.57 bits per heavy atom. The lowest BCUT2D eigenvalue weighted by atomic mass is 10.3. The van der Waals surface area contributed by atoms with Crippen LogP contribution in [0.2, 0.25) is 5.02 Å². The van der Waals surface area contributed by atoms with E-state index in [1.807, 2.05) is 0 Å². The molecule has 1 N–H and O–H groups in total. The molecular weight excluding hydrogens is 311 g/mol. The molecule has 8 heteroatoms. The van der Waals surface area contributed by atoms with E-state index in [0.29, 0.717) is 4.90 Å². The quantitative estimate of drug-likeness (QED) is 0.874. The molecule has 0 aliphatic rings. The molecule has 0 saturated carbocycles. The summed E-state index contributed by atoms with van der Waals surface area (Å²) >= 11 is 5.85. The number of amides is 1. The smallest absolute Gasteiger partial charge is 0.406 e. The van der Waals surface area contributed by atoms with Crippen molar-refractivity contribution in [3.8, 4) is 5.75 Å². The number of aliphatic hydroxyl groups is 1. The van der Waals surface area contributed by atoms with E-state index in [1.165, 1.54) is 19.1 Å². The number of hydrogen-bond acceptors (Lipinski definition) is 3. The van der Waals surface area contributed by atoms with Gasteiger partial charge in [-0.05, 0) is 19.1 Å². The maximum Gasteiger partial charge on any atom is 0.406 e. The van der Waals surface area contributed by atoms with Gasteiger partial charge in [-0.3, -0.25) is 4.79 Å². The predicted molar refractivity (Wildman–Crippen MR) is 71.3 cm³/mol. The maximum atomic E-state index is 12.4. The Morgan fingerprint density at radius 1 is 1.43 bits per heavy atom. The number of alkyl halides is 3. The second-order valence-electron chi connectivity index (χ2n) is 4.29. The van der Waals surface area contributed by atoms with Gasteiger partial charge in [-0.25, -0.2) is 0 Å². The first kappa shape index (κ1) is 17.6. The summed E-state index contributed by atoms with van der Waals surface area (Å²) in [5.41, 5.74) is 0. The first-order valence-electron chi connectivity index (χ1n) is 6.12. The number of carbonyl (C=O) groups is 1. The number of halogens is 4. The van der Waals surface area contributed by atoms with Crippen molar-refractivity contribution in [1.82, 2.24) is 4.90 Å². The van der Waals surface area contributed by atoms with Gasteiger partial charge in [0.25, 0.3) is 5.91 Å². The third-order valence-corrected chi connectivity index (χ3v) is 2.85. The van der Waals surface area contributed by atoms with Crippen molar-refractivity contribution < 1.29 is 27.8 Å². The lowest BCUT2D eigenvalue weighted by Gasteiger charge is -2.26. The average Bonchev–Trinajstić information content (AvgIpc) is 2.38. The van der Waals surface area contributed by atoms with Gasteiger partial charge < -0.3 is 14.7 Å². The van der Waals surface area contributed by atoms with Gasteiger partial charge in [0.1, 0.15) is 12.3 Å². The zero-order chi connectivity index (χ0) is 16.0. The minimum Gasteiger partial charge on any atom is -0.479 e. The van der Waals surface area contributed by atoms with Crippen LogP contribution in [0.25, 0.3) is 0 Å². The van der Waals surface area contributed by atoms with Crippen LogP contribution < -0.4 is 4.74 Å². The molecule has 1 aromatic carbocycles. The highest BCUT2D eigenvalue weighted by molar-refractivity contribution is 6.32. The van der Waals surface area contributed by atoms with Crippen molar-refractivity contribution in [3.05, 3.63) is 29.3 Å². The average molecular weight is 326 g/mol. The van der Waals surface area contributed by atoms with Crippen molar-refractivity contribution in [2.75, 3.05) is 19.7 Å². The molecule has 0 bridgehead atoms. The van der Waals surface area contributed by atoms with E-state index in [2.05, 4.69) is 0 Å². The Balaban J connectivity index is 2.76. The normalized spacial score (nSPS) is 12.9. The van der Waals surface area contributed by atoms with Crippen LogP contribution in [0.15, 0.2) is 24.3 Å². The molecule has 1 aromatic rings. The molecule has 21 heavy (non-hydrogen) atoms. The summed E-state index contributed by atoms with van der Waals surface area (Å²) in [6, 6.07) is 6.32. The molecule has 0 aliphatic heterocycles. The molecule has 0 spiro atoms. The SMILES string of the molecule is CC(Oc1ccccc1Cl)C(=O)N(CCO)CC(F)(F)F. The van der Waals surface area contributed by atoms with E-state index >= 15 is 0 Å². The summed E-state index contributed by atoms with van der Waals surface area (Å²) in [5.74, 6) is -0.669. The highest BCUT2D eigenvalue weighted by Crippen LogP contribution is 2.25. The summed E-state index contributed by atoms with van der Waals surface area (Å²) in [5, 5.41) is 9.03. The number of para-hydroxylation sites is 1. The van der Waals surface area contributed by atoms with E-state index in [0.717, 1.165) is 0 Å². The predicted octanol–water partition coefficient (Wildman–Crippen LogP) is 2.49. The largest absolute Gasteiger partial charge is 0.479 e. The molecule has 1 rings (SSSR count). The molecule has 0 radical (unpaired) electrons. The topological polar surface area (TPSA) is 49.8 Å². The Morgan fingerprint density at radius 2 is 2.05 bits per heavy atom. The monoisotopic (exact) mass is 325 g/mol. The lowest BCUT2D eigenvalue weighted by molar-refractivity contribution is -0.165. The van der Waals surface area contributed by atoms with Gasteiger partial charge in [-0.1, -0.05) is 23.7 Å². The number of hydrogen-bond donors (Lipinski definition) is 1. The molecule has 1 atom stereocenters. The van der Waals surface area contributed by atoms with Crippen LogP contribution in [0.4, 0.5) is 13.2 Å². The summed E-state index contributed by atoms with van der Waals surface area (Å²) < 4.78 is 42.5. The van der Waals surface area contributed by atoms with Crippen LogP contribution in [0, 0.1) is 0 Å². The van der Waals surface area contributed by atoms with Crippen LogP contribution in [0.3, 0.4) is 0 Å². The fourth-order valence-corrected chi connectivity index (χ4v) is 1.82. The number of rotatable bonds is 6. The molecular formula is C13H15ClF3NO3. The van der Waals surface area contributed by atoms with Gasteiger partial charge in [0.2, 0.25) is 0 Å². The Kier molecular flexibility index (Phi) is 6.29. The van der Waals surface area contributed by atoms with Crippen molar-refractivity contribution in [2.45, 2.75) is 19.2 Å². The molecule has 4 nitrogen and oxygen atoms in total. The van der Waals surface area contributed by atoms with Gasteiger partial charge in [0, 0.05) is 6.54 Å². The third-order valence-electron chi connectivity index (χ3n) is 2.54. The fourth-order valence-electron chi connectivity index (χ4n) is 1.64. The summed E-state index contributed by atoms with van der Waals surface area (Å²) in [6.45, 7) is -1.11. The van der Waals surface area contributed by atoms with Crippen LogP contribution in [-0.2, 0) is 4.79 Å². The van der Waals surface area contributed by atoms with Gasteiger partial charge >= 0.3 is 6.18 Å². The van der Waals surface area contributed by atoms with Crippen molar-refractivity contribution in [3.63, 3.8) is 0 Å².